The van der Waals surface area contributed by atoms with E-state index in [1.165, 1.54) is 24.0 Å². The van der Waals surface area contributed by atoms with E-state index in [1.807, 2.05) is 25.1 Å². The summed E-state index contributed by atoms with van der Waals surface area (Å²) in [5.41, 5.74) is 7.32. The number of carbonyl (C=O) groups is 1. The van der Waals surface area contributed by atoms with Crippen molar-refractivity contribution in [3.8, 4) is 16.9 Å². The van der Waals surface area contributed by atoms with E-state index in [9.17, 15) is 9.90 Å². The van der Waals surface area contributed by atoms with E-state index >= 15 is 4.39 Å². The predicted molar refractivity (Wildman–Crippen MR) is 148 cm³/mol. The molecular formula is C34H37FO3. The zero-order chi connectivity index (χ0) is 26.8. The van der Waals surface area contributed by atoms with Gasteiger partial charge in [-0.25, -0.2) is 4.39 Å². The molecule has 2 fully saturated rings. The number of hydrogen-bond donors (Lipinski definition) is 1. The van der Waals surface area contributed by atoms with E-state index in [2.05, 4.69) is 51.1 Å². The summed E-state index contributed by atoms with van der Waals surface area (Å²) in [6.07, 6.45) is 5.29. The van der Waals surface area contributed by atoms with Crippen LogP contribution >= 0.6 is 0 Å². The number of aliphatic carboxylic acids is 1. The molecule has 4 heteroatoms. The molecule has 0 heterocycles. The lowest BCUT2D eigenvalue weighted by molar-refractivity contribution is -0.139. The van der Waals surface area contributed by atoms with Gasteiger partial charge in [-0.15, -0.1) is 0 Å². The molecule has 0 aromatic heterocycles. The molecule has 3 nitrogen and oxygen atoms in total. The van der Waals surface area contributed by atoms with Crippen LogP contribution in [0, 0.1) is 30.0 Å². The molecule has 0 unspecified atom stereocenters. The van der Waals surface area contributed by atoms with E-state index in [0.717, 1.165) is 47.3 Å². The van der Waals surface area contributed by atoms with Crippen molar-refractivity contribution in [1.29, 1.82) is 0 Å². The second kappa shape index (κ2) is 8.97. The fourth-order valence-corrected chi connectivity index (χ4v) is 7.78. The number of benzene rings is 3. The average Bonchev–Trinajstić information content (AvgIpc) is 3.11. The maximum absolute atomic E-state index is 15.0. The number of aryl methyl sites for hydroxylation is 2. The van der Waals surface area contributed by atoms with Crippen LogP contribution < -0.4 is 4.74 Å². The van der Waals surface area contributed by atoms with Crippen molar-refractivity contribution in [1.82, 2.24) is 0 Å². The molecule has 0 radical (unpaired) electrons. The molecule has 198 valence electrons. The van der Waals surface area contributed by atoms with Crippen molar-refractivity contribution in [2.24, 2.45) is 17.3 Å². The minimum atomic E-state index is -0.691. The third-order valence-corrected chi connectivity index (χ3v) is 9.98. The Kier molecular flexibility index (Phi) is 5.93. The average molecular weight is 513 g/mol. The number of ether oxygens (including phenoxy) is 1. The highest BCUT2D eigenvalue weighted by Gasteiger charge is 2.68. The Balaban J connectivity index is 1.30. The third kappa shape index (κ3) is 3.95. The Morgan fingerprint density at radius 1 is 1.05 bits per heavy atom. The molecule has 0 saturated heterocycles. The van der Waals surface area contributed by atoms with Gasteiger partial charge in [-0.1, -0.05) is 63.1 Å². The zero-order valence-electron chi connectivity index (χ0n) is 22.8. The van der Waals surface area contributed by atoms with Crippen molar-refractivity contribution in [3.63, 3.8) is 0 Å². The summed E-state index contributed by atoms with van der Waals surface area (Å²) < 4.78 is 21.3. The van der Waals surface area contributed by atoms with E-state index in [4.69, 9.17) is 4.74 Å². The summed E-state index contributed by atoms with van der Waals surface area (Å²) in [5, 5.41) is 9.73. The smallest absolute Gasteiger partial charge is 0.307 e. The second-order valence-electron chi connectivity index (χ2n) is 12.6. The zero-order valence-corrected chi connectivity index (χ0v) is 22.8. The molecule has 1 spiro atoms. The van der Waals surface area contributed by atoms with Crippen molar-refractivity contribution in [2.45, 2.75) is 77.7 Å². The van der Waals surface area contributed by atoms with Crippen LogP contribution in [0.3, 0.4) is 0 Å². The molecule has 0 bridgehead atoms. The van der Waals surface area contributed by atoms with Crippen LogP contribution in [0.15, 0.2) is 54.6 Å². The van der Waals surface area contributed by atoms with Crippen molar-refractivity contribution in [3.05, 3.63) is 88.2 Å². The van der Waals surface area contributed by atoms with Crippen LogP contribution in [-0.2, 0) is 23.2 Å². The highest BCUT2D eigenvalue weighted by Crippen LogP contribution is 2.66. The van der Waals surface area contributed by atoms with Crippen molar-refractivity contribution < 1.29 is 19.0 Å². The quantitative estimate of drug-likeness (QED) is 0.362. The van der Waals surface area contributed by atoms with Crippen molar-refractivity contribution >= 4 is 5.97 Å². The predicted octanol–water partition coefficient (Wildman–Crippen LogP) is 8.21. The third-order valence-electron chi connectivity index (χ3n) is 9.98. The van der Waals surface area contributed by atoms with Crippen LogP contribution in [0.5, 0.6) is 5.75 Å². The first-order valence-electron chi connectivity index (χ1n) is 14.0. The molecule has 0 aliphatic heterocycles. The topological polar surface area (TPSA) is 46.5 Å². The van der Waals surface area contributed by atoms with Crippen LogP contribution in [0.4, 0.5) is 4.39 Å². The lowest BCUT2D eigenvalue weighted by Gasteiger charge is -2.30. The van der Waals surface area contributed by atoms with Gasteiger partial charge in [0.15, 0.2) is 0 Å². The SMILES string of the molecule is Cc1ccc(F)c(-c2ccc(COc3ccc4c(c3)[C@]3(CC4)[C@H](C)[C@H]3C(=O)O)cc2[C@H]2CCCC2(C)C)c1. The normalized spacial score (nSPS) is 26.9. The summed E-state index contributed by atoms with van der Waals surface area (Å²) in [6, 6.07) is 17.9. The summed E-state index contributed by atoms with van der Waals surface area (Å²) in [7, 11) is 0. The molecule has 2 saturated carbocycles. The lowest BCUT2D eigenvalue weighted by atomic mass is 9.75. The summed E-state index contributed by atoms with van der Waals surface area (Å²) in [6.45, 7) is 9.14. The number of carboxylic acids is 1. The highest BCUT2D eigenvalue weighted by molar-refractivity contribution is 5.79. The van der Waals surface area contributed by atoms with Gasteiger partial charge >= 0.3 is 5.97 Å². The number of carboxylic acid groups (broad SMARTS) is 1. The van der Waals surface area contributed by atoms with Gasteiger partial charge in [0.2, 0.25) is 0 Å². The summed E-state index contributed by atoms with van der Waals surface area (Å²) >= 11 is 0. The Labute approximate surface area is 225 Å². The fourth-order valence-electron chi connectivity index (χ4n) is 7.78. The monoisotopic (exact) mass is 512 g/mol. The highest BCUT2D eigenvalue weighted by atomic mass is 19.1. The molecule has 1 N–H and O–H groups in total. The fraction of sp³-hybridized carbons (Fsp3) is 0.441. The molecule has 4 atom stereocenters. The first-order chi connectivity index (χ1) is 18.1. The molecule has 3 aliphatic rings. The minimum Gasteiger partial charge on any atom is -0.489 e. The number of halogens is 1. The second-order valence-corrected chi connectivity index (χ2v) is 12.6. The molecular weight excluding hydrogens is 475 g/mol. The first kappa shape index (κ1) is 25.2. The van der Waals surface area contributed by atoms with Gasteiger partial charge in [-0.2, -0.15) is 0 Å². The van der Waals surface area contributed by atoms with Gasteiger partial charge in [-0.05, 0) is 102 Å². The maximum atomic E-state index is 15.0. The number of hydrogen-bond acceptors (Lipinski definition) is 2. The molecule has 3 aromatic carbocycles. The van der Waals surface area contributed by atoms with Crippen LogP contribution in [0.2, 0.25) is 0 Å². The Morgan fingerprint density at radius 3 is 2.58 bits per heavy atom. The Bertz CT molecular complexity index is 1420. The minimum absolute atomic E-state index is 0.156. The van der Waals surface area contributed by atoms with E-state index in [-0.39, 0.29) is 28.5 Å². The number of rotatable bonds is 6. The molecule has 0 amide bonds. The van der Waals surface area contributed by atoms with Gasteiger partial charge in [0, 0.05) is 11.0 Å². The number of fused-ring (bicyclic) bond motifs is 2. The van der Waals surface area contributed by atoms with Crippen molar-refractivity contribution in [2.75, 3.05) is 0 Å². The summed E-state index contributed by atoms with van der Waals surface area (Å²) in [4.78, 5) is 11.8. The van der Waals surface area contributed by atoms with Crippen LogP contribution in [0.1, 0.15) is 80.2 Å². The van der Waals surface area contributed by atoms with Gasteiger partial charge in [0.05, 0.1) is 5.92 Å². The maximum Gasteiger partial charge on any atom is 0.307 e. The molecule has 6 rings (SSSR count). The Morgan fingerprint density at radius 2 is 1.87 bits per heavy atom. The van der Waals surface area contributed by atoms with Crippen LogP contribution in [0.25, 0.3) is 11.1 Å². The lowest BCUT2D eigenvalue weighted by Crippen LogP contribution is -2.17. The Hall–Kier alpha value is -3.14. The van der Waals surface area contributed by atoms with Gasteiger partial charge in [0.1, 0.15) is 18.2 Å². The van der Waals surface area contributed by atoms with E-state index in [0.29, 0.717) is 18.1 Å². The standard InChI is InChI=1S/C34H37FO3/c1-20-7-12-30(35)27(16-20)25-11-8-22(17-26(25)28-6-5-14-33(28,3)4)19-38-24-10-9-23-13-15-34(29(23)18-24)21(2)31(34)32(36)37/h7-12,16-18,21,28,31H,5-6,13-15,19H2,1-4H3,(H,36,37)/t21-,28-,31+,34+/m1/s1. The molecule has 38 heavy (non-hydrogen) atoms. The first-order valence-corrected chi connectivity index (χ1v) is 14.0. The van der Waals surface area contributed by atoms with Gasteiger partial charge in [-0.3, -0.25) is 4.79 Å². The van der Waals surface area contributed by atoms with E-state index in [1.54, 1.807) is 6.07 Å². The largest absolute Gasteiger partial charge is 0.489 e. The van der Waals surface area contributed by atoms with Gasteiger partial charge < -0.3 is 9.84 Å². The summed E-state index contributed by atoms with van der Waals surface area (Å²) in [5.74, 6) is 0.127. The van der Waals surface area contributed by atoms with Gasteiger partial charge in [0.25, 0.3) is 0 Å². The van der Waals surface area contributed by atoms with E-state index < -0.39 is 5.97 Å². The molecule has 3 aromatic rings. The molecule has 3 aliphatic carbocycles. The van der Waals surface area contributed by atoms with Crippen LogP contribution in [-0.4, -0.2) is 11.1 Å².